The number of hydrogen-bond acceptors (Lipinski definition) is 24. The molecule has 104 heavy (non-hydrogen) atoms. The lowest BCUT2D eigenvalue weighted by atomic mass is 9.80. The van der Waals surface area contributed by atoms with E-state index in [-0.39, 0.29) is 69.8 Å². The number of sulfone groups is 4. The number of nitrogens with two attached hydrogens (primary N) is 4. The summed E-state index contributed by atoms with van der Waals surface area (Å²) in [4.78, 5) is 0. The first-order valence-electron chi connectivity index (χ1n) is 36.8. The van der Waals surface area contributed by atoms with E-state index in [1.54, 1.807) is 112 Å². The van der Waals surface area contributed by atoms with Gasteiger partial charge in [0, 0.05) is 81.9 Å². The van der Waals surface area contributed by atoms with Crippen molar-refractivity contribution in [2.45, 2.75) is 300 Å². The monoisotopic (exact) mass is 1650 g/mol. The molecule has 0 heterocycles. The first-order valence-corrected chi connectivity index (χ1v) is 51.0. The molecule has 8 N–H and O–H groups in total. The summed E-state index contributed by atoms with van der Waals surface area (Å²) in [6.45, 7) is 13.4. The lowest BCUT2D eigenvalue weighted by molar-refractivity contribution is 0.0193. The molecule has 0 bridgehead atoms. The van der Waals surface area contributed by atoms with Gasteiger partial charge >= 0.3 is 0 Å². The van der Waals surface area contributed by atoms with Crippen LogP contribution in [0, 0.1) is 47.3 Å². The molecule has 8 fully saturated rings. The third-order valence-corrected chi connectivity index (χ3v) is 35.3. The molecule has 8 saturated carbocycles. The first-order chi connectivity index (χ1) is 47.7. The van der Waals surface area contributed by atoms with E-state index in [4.69, 9.17) is 58.5 Å². The SMILES string of the molecule is CO[C@@H](C1CCC1)[C@@H](C)S(C)(=O)=O.CO[C@@H](C1CCC1)[C@@H](C)S(N)(=O)=O.CO[C@@H](C1CCC1)[C@H](C)S(C)(=O)=O.CO[C@@H](C1CCC1)[C@H](C)S(N)(=O)=O.CO[C@H](C1CCC1)[C@@H](C)S(C)(=O)=O.CO[C@H](C1CCC1)[C@@H](C)S(N)(=O)=O.CO[C@H](C1CCC1)[C@H](C)S(C)(=O)=O.CO[C@H](C1CCC1)[C@H](C)S(N)(=O)=O. The van der Waals surface area contributed by atoms with Crippen LogP contribution in [0.2, 0.25) is 0 Å². The van der Waals surface area contributed by atoms with Gasteiger partial charge in [-0.05, 0) is 205 Å². The quantitative estimate of drug-likeness (QED) is 0.0534. The zero-order valence-corrected chi connectivity index (χ0v) is 72.7. The second-order valence-electron chi connectivity index (χ2n) is 30.4. The van der Waals surface area contributed by atoms with Gasteiger partial charge in [-0.1, -0.05) is 51.4 Å². The normalized spacial score (nSPS) is 23.6. The van der Waals surface area contributed by atoms with Crippen LogP contribution in [-0.2, 0) is 117 Å². The van der Waals surface area contributed by atoms with Gasteiger partial charge in [0.15, 0.2) is 39.3 Å². The molecule has 0 aromatic rings. The van der Waals surface area contributed by atoms with Crippen molar-refractivity contribution in [3.8, 4) is 0 Å². The minimum Gasteiger partial charge on any atom is -0.380 e. The predicted molar refractivity (Wildman–Crippen MR) is 413 cm³/mol. The zero-order chi connectivity index (χ0) is 80.5. The maximum absolute atomic E-state index is 11.3. The molecule has 0 unspecified atom stereocenters. The lowest BCUT2D eigenvalue weighted by Crippen LogP contribution is -2.43. The third-order valence-electron chi connectivity index (χ3n) is 23.6. The molecule has 8 aliphatic carbocycles. The predicted octanol–water partition coefficient (Wildman–Crippen LogP) is 6.85. The van der Waals surface area contributed by atoms with E-state index in [0.29, 0.717) is 47.3 Å². The van der Waals surface area contributed by atoms with Gasteiger partial charge in [-0.2, -0.15) is 0 Å². The summed E-state index contributed by atoms with van der Waals surface area (Å²) < 4.78 is 221. The minimum absolute atomic E-state index is 0.108. The molecule has 0 aliphatic heterocycles. The van der Waals surface area contributed by atoms with Crippen molar-refractivity contribution in [2.24, 2.45) is 67.9 Å². The van der Waals surface area contributed by atoms with E-state index in [9.17, 15) is 67.3 Å². The van der Waals surface area contributed by atoms with Crippen LogP contribution >= 0.6 is 0 Å². The van der Waals surface area contributed by atoms with Gasteiger partial charge in [-0.15, -0.1) is 0 Å². The number of ether oxygens (including phenoxy) is 8. The number of hydrogen-bond donors (Lipinski definition) is 4. The van der Waals surface area contributed by atoms with Crippen LogP contribution in [-0.4, -0.2) is 240 Å². The summed E-state index contributed by atoms with van der Waals surface area (Å²) in [6.07, 6.45) is 30.6. The van der Waals surface area contributed by atoms with Crippen LogP contribution < -0.4 is 20.6 Å². The summed E-state index contributed by atoms with van der Waals surface area (Å²) >= 11 is 0. The second kappa shape index (κ2) is 45.7. The Labute approximate surface area is 630 Å². The molecule has 16 atom stereocenters. The highest BCUT2D eigenvalue weighted by molar-refractivity contribution is 7.92. The fourth-order valence-electron chi connectivity index (χ4n) is 14.0. The van der Waals surface area contributed by atoms with Crippen molar-refractivity contribution in [3.63, 3.8) is 0 Å². The smallest absolute Gasteiger partial charge is 0.214 e. The van der Waals surface area contributed by atoms with Gasteiger partial charge in [-0.3, -0.25) is 0 Å². The average Bonchev–Trinajstić information content (AvgIpc) is 0.884. The first kappa shape index (κ1) is 101. The fraction of sp³-hybridized carbons (Fsp3) is 1.00. The highest BCUT2D eigenvalue weighted by atomic mass is 32.2. The molecule has 8 aliphatic rings. The van der Waals surface area contributed by atoms with Crippen molar-refractivity contribution in [3.05, 3.63) is 0 Å². The Morgan fingerprint density at radius 1 is 0.202 bits per heavy atom. The maximum atomic E-state index is 11.3. The molecule has 0 amide bonds. The van der Waals surface area contributed by atoms with E-state index in [2.05, 4.69) is 0 Å². The van der Waals surface area contributed by atoms with Crippen LogP contribution in [0.3, 0.4) is 0 Å². The lowest BCUT2D eigenvalue weighted by Gasteiger charge is -2.35. The number of methoxy groups -OCH3 is 8. The molecule has 0 aromatic carbocycles. The van der Waals surface area contributed by atoms with Crippen molar-refractivity contribution >= 4 is 79.4 Å². The topological polar surface area (TPSA) is 451 Å². The highest BCUT2D eigenvalue weighted by Crippen LogP contribution is 2.40. The van der Waals surface area contributed by atoms with Gasteiger partial charge in [0.2, 0.25) is 40.1 Å². The molecule has 36 heteroatoms. The average molecular weight is 1650 g/mol. The van der Waals surface area contributed by atoms with Crippen molar-refractivity contribution in [1.29, 1.82) is 0 Å². The van der Waals surface area contributed by atoms with Crippen LogP contribution in [0.1, 0.15) is 209 Å². The fourth-order valence-corrected chi connectivity index (χ4v) is 20.1. The number of sulfonamides is 4. The van der Waals surface area contributed by atoms with Crippen LogP contribution in [0.15, 0.2) is 0 Å². The van der Waals surface area contributed by atoms with Gasteiger partial charge in [0.25, 0.3) is 0 Å². The standard InChI is InChI=1S/4C9H18O3S.4C8H17NO3S/c4*1-7(13(3,10)11)9(12-2)8-5-4-6-8;4*1-6(13(9,10)11)8(12-2)7-4-3-5-7/h4*7-9H,4-6H2,1-3H3;4*6-8H,3-5H2,1-2H3,(H2,9,10,11)/t2*7-,9+;2*7-,9-;2*6-,8+;2*6-,8-/m10101010/s1. The minimum atomic E-state index is -3.46. The highest BCUT2D eigenvalue weighted by Gasteiger charge is 2.43. The van der Waals surface area contributed by atoms with Crippen molar-refractivity contribution in [2.75, 3.05) is 81.9 Å². The molecule has 0 spiro atoms. The van der Waals surface area contributed by atoms with Gasteiger partial charge in [0.05, 0.1) is 90.8 Å². The summed E-state index contributed by atoms with van der Waals surface area (Å²) in [7, 11) is -13.1. The molecule has 0 radical (unpaired) electrons. The Morgan fingerprint density at radius 3 is 0.337 bits per heavy atom. The van der Waals surface area contributed by atoms with Crippen molar-refractivity contribution < 1.29 is 105 Å². The molecular weight excluding hydrogens is 1510 g/mol. The Kier molecular flexibility index (Phi) is 44.5. The number of primary sulfonamides is 4. The van der Waals surface area contributed by atoms with E-state index in [1.807, 2.05) is 0 Å². The molecular formula is C68H140N4O24S8. The van der Waals surface area contributed by atoms with E-state index >= 15 is 0 Å². The zero-order valence-electron chi connectivity index (χ0n) is 66.2. The van der Waals surface area contributed by atoms with Crippen LogP contribution in [0.25, 0.3) is 0 Å². The Morgan fingerprint density at radius 2 is 0.288 bits per heavy atom. The summed E-state index contributed by atoms with van der Waals surface area (Å²) in [5.74, 6) is 3.31. The summed E-state index contributed by atoms with van der Waals surface area (Å²) in [5.41, 5.74) is 0. The molecule has 0 saturated heterocycles. The molecule has 8 rings (SSSR count). The largest absolute Gasteiger partial charge is 0.380 e. The molecule has 28 nitrogen and oxygen atoms in total. The van der Waals surface area contributed by atoms with E-state index in [0.717, 1.165) is 103 Å². The Hall–Kier alpha value is -0.880. The second-order valence-corrected chi connectivity index (χ2v) is 47.7. The summed E-state index contributed by atoms with van der Waals surface area (Å²) in [6, 6.07) is 0. The van der Waals surface area contributed by atoms with Gasteiger partial charge < -0.3 is 37.9 Å². The molecule has 624 valence electrons. The Balaban J connectivity index is 0.000000594. The van der Waals surface area contributed by atoms with Crippen LogP contribution in [0.5, 0.6) is 0 Å². The molecule has 0 aromatic heterocycles. The number of rotatable bonds is 32. The van der Waals surface area contributed by atoms with Gasteiger partial charge in [0.1, 0.15) is 0 Å². The summed E-state index contributed by atoms with van der Waals surface area (Å²) in [5, 5.41) is 16.4. The van der Waals surface area contributed by atoms with Crippen LogP contribution in [0.4, 0.5) is 0 Å². The maximum Gasteiger partial charge on any atom is 0.214 e. The van der Waals surface area contributed by atoms with E-state index in [1.165, 1.54) is 76.4 Å². The third kappa shape index (κ3) is 33.1. The van der Waals surface area contributed by atoms with Gasteiger partial charge in [-0.25, -0.2) is 87.9 Å². The van der Waals surface area contributed by atoms with E-state index < -0.39 is 100 Å². The van der Waals surface area contributed by atoms with Crippen molar-refractivity contribution in [1.82, 2.24) is 0 Å². The Bertz CT molecular complexity index is 2730.